The molecule has 0 radical (unpaired) electrons. The first kappa shape index (κ1) is 72.1. The Hall–Kier alpha value is -13.7. The van der Waals surface area contributed by atoms with Gasteiger partial charge in [-0.05, 0) is 222 Å². The zero-order chi connectivity index (χ0) is 73.6. The quantitative estimate of drug-likeness (QED) is 0.0420. The number of hydrogen-bond acceptors (Lipinski definition) is 10. The number of nitrogens with one attached hydrogen (secondary N) is 2. The van der Waals surface area contributed by atoms with Gasteiger partial charge in [0.25, 0.3) is 0 Å². The summed E-state index contributed by atoms with van der Waals surface area (Å²) >= 11 is 0. The van der Waals surface area contributed by atoms with Crippen LogP contribution in [0.3, 0.4) is 0 Å². The number of para-hydroxylation sites is 5. The highest BCUT2D eigenvalue weighted by atomic mass is 16.5. The van der Waals surface area contributed by atoms with E-state index in [1.165, 1.54) is 43.8 Å². The maximum absolute atomic E-state index is 9.87. The third-order valence-electron chi connectivity index (χ3n) is 17.6. The Morgan fingerprint density at radius 1 is 0.358 bits per heavy atom. The van der Waals surface area contributed by atoms with Crippen molar-refractivity contribution < 1.29 is 34.6 Å². The highest BCUT2D eigenvalue weighted by Crippen LogP contribution is 2.33. The molecule has 16 aromatic rings. The highest BCUT2D eigenvalue weighted by molar-refractivity contribution is 5.88. The number of fused-ring (bicyclic) bond motifs is 5. The van der Waals surface area contributed by atoms with Crippen LogP contribution in [0.4, 0.5) is 0 Å². The zero-order valence-corrected chi connectivity index (χ0v) is 58.0. The number of H-pyrrole nitrogens is 2. The van der Waals surface area contributed by atoms with E-state index in [1.54, 1.807) is 72.8 Å². The first-order valence-corrected chi connectivity index (χ1v) is 34.5. The van der Waals surface area contributed by atoms with Crippen molar-refractivity contribution in [3.8, 4) is 69.8 Å². The van der Waals surface area contributed by atoms with Crippen molar-refractivity contribution >= 4 is 54.5 Å². The second-order valence-electron chi connectivity index (χ2n) is 24.8. The minimum absolute atomic E-state index is 0.263. The number of aliphatic hydroxyl groups is 4. The molecule has 0 aliphatic rings. The molecule has 0 amide bonds. The molecule has 0 bridgehead atoms. The van der Waals surface area contributed by atoms with Gasteiger partial charge < -0.3 is 58.3 Å². The van der Waals surface area contributed by atoms with Crippen LogP contribution in [0, 0.1) is 34.0 Å². The van der Waals surface area contributed by atoms with Gasteiger partial charge in [-0.3, -0.25) is 0 Å². The molecule has 106 heavy (non-hydrogen) atoms. The molecule has 5 heterocycles. The zero-order valence-electron chi connectivity index (χ0n) is 58.0. The lowest BCUT2D eigenvalue weighted by Gasteiger charge is -2.09. The van der Waals surface area contributed by atoms with E-state index < -0.39 is 12.2 Å². The summed E-state index contributed by atoms with van der Waals surface area (Å²) in [6, 6.07) is 93.8. The predicted octanol–water partition coefficient (Wildman–Crippen LogP) is 19.5. The molecule has 0 unspecified atom stereocenters. The van der Waals surface area contributed by atoms with Gasteiger partial charge in [-0.1, -0.05) is 103 Å². The molecule has 15 heteroatoms. The van der Waals surface area contributed by atoms with Gasteiger partial charge in [0.2, 0.25) is 0 Å². The molecular formula is C91H76N8O7. The fraction of sp³-hybridized carbons (Fsp3) is 0.0879. The van der Waals surface area contributed by atoms with Crippen molar-refractivity contribution in [1.82, 2.24) is 23.7 Å². The van der Waals surface area contributed by atoms with Crippen LogP contribution in [-0.2, 0) is 25.7 Å². The normalized spacial score (nSPS) is 11.2. The number of rotatable bonds is 19. The van der Waals surface area contributed by atoms with Crippen molar-refractivity contribution in [2.75, 3.05) is 13.2 Å². The Balaban J connectivity index is 0.000000131. The summed E-state index contributed by atoms with van der Waals surface area (Å²) in [6.07, 6.45) is 15.0. The molecular weight excluding hydrogens is 1320 g/mol. The van der Waals surface area contributed by atoms with Gasteiger partial charge in [0, 0.05) is 93.5 Å². The standard InChI is InChI=1S/2C24H20N2O3.C24H18N2O.C11H11N.C8H7N/c2*25-14-17-5-9-21(10-6-17)29-22-11-7-19(8-12-22)26-15-18(13-20(28)16-27)23-3-1-2-4-24(23)26;1-2-5-19-17-26(24-7-4-3-6-23(19)24)20-10-14-22(15-11-20)27-21-12-8-18(16-25)9-13-21;1-2-5-9-8-12-11-7-4-3-6-10(9)11;1-2-4-8-7(3-1)5-6-9-8/h2*1-12,15,20,27-28H,13,16H2;2-4,6-15,17H,1,5H2;2-4,6-8,12H,1,5H2;1-6,9H/t2*20-;;;/m10.../s1. The predicted molar refractivity (Wildman–Crippen MR) is 422 cm³/mol. The monoisotopic (exact) mass is 1390 g/mol. The lowest BCUT2D eigenvalue weighted by Crippen LogP contribution is -2.14. The molecule has 0 spiro atoms. The largest absolute Gasteiger partial charge is 0.457 e. The molecule has 0 saturated heterocycles. The van der Waals surface area contributed by atoms with E-state index in [-0.39, 0.29) is 13.2 Å². The Morgan fingerprint density at radius 2 is 0.679 bits per heavy atom. The third kappa shape index (κ3) is 18.0. The summed E-state index contributed by atoms with van der Waals surface area (Å²) < 4.78 is 23.9. The van der Waals surface area contributed by atoms with Gasteiger partial charge in [-0.25, -0.2) is 0 Å². The number of nitriles is 3. The van der Waals surface area contributed by atoms with Crippen molar-refractivity contribution in [3.05, 3.63) is 368 Å². The number of benzene rings is 11. The number of nitrogens with zero attached hydrogens (tertiary/aromatic N) is 6. The SMILES string of the molecule is C=CCc1c[nH]c2ccccc12.C=CCc1cn(-c2ccc(Oc3ccc(C#N)cc3)cc2)c2ccccc12.N#Cc1ccc(Oc2ccc(-n3cc(C[C@@H](O)CO)c4ccccc43)cc2)cc1.N#Cc1ccc(Oc2ccc(-n3cc(C[C@H](O)CO)c4ccccc43)cc2)cc1.c1ccc2[nH]ccc2c1. The van der Waals surface area contributed by atoms with Crippen LogP contribution in [0.25, 0.3) is 71.6 Å². The van der Waals surface area contributed by atoms with Crippen molar-refractivity contribution in [1.29, 1.82) is 15.8 Å². The van der Waals surface area contributed by atoms with Crippen LogP contribution in [0.5, 0.6) is 34.5 Å². The van der Waals surface area contributed by atoms with E-state index in [0.29, 0.717) is 58.3 Å². The van der Waals surface area contributed by atoms with E-state index >= 15 is 0 Å². The molecule has 2 atom stereocenters. The molecule has 11 aromatic carbocycles. The summed E-state index contributed by atoms with van der Waals surface area (Å²) in [5.74, 6) is 4.20. The molecule has 6 N–H and O–H groups in total. The molecule has 522 valence electrons. The van der Waals surface area contributed by atoms with Crippen LogP contribution in [0.2, 0.25) is 0 Å². The van der Waals surface area contributed by atoms with Crippen molar-refractivity contribution in [3.63, 3.8) is 0 Å². The number of ether oxygens (including phenoxy) is 3. The first-order chi connectivity index (χ1) is 52.0. The van der Waals surface area contributed by atoms with E-state index in [9.17, 15) is 20.4 Å². The molecule has 0 aliphatic heterocycles. The topological polar surface area (TPSA) is 226 Å². The second-order valence-corrected chi connectivity index (χ2v) is 24.8. The maximum Gasteiger partial charge on any atom is 0.127 e. The number of aliphatic hydroxyl groups excluding tert-OH is 4. The Kier molecular flexibility index (Phi) is 24.0. The number of aromatic nitrogens is 5. The van der Waals surface area contributed by atoms with E-state index in [4.69, 9.17) is 30.0 Å². The van der Waals surface area contributed by atoms with E-state index in [0.717, 1.165) is 68.6 Å². The summed E-state index contributed by atoms with van der Waals surface area (Å²) in [6.45, 7) is 7.07. The summed E-state index contributed by atoms with van der Waals surface area (Å²) in [5, 5.41) is 70.7. The average molecular weight is 1390 g/mol. The minimum Gasteiger partial charge on any atom is -0.457 e. The van der Waals surface area contributed by atoms with Crippen LogP contribution >= 0.6 is 0 Å². The van der Waals surface area contributed by atoms with Gasteiger partial charge in [0.15, 0.2) is 0 Å². The van der Waals surface area contributed by atoms with Crippen LogP contribution in [-0.4, -0.2) is 69.5 Å². The first-order valence-electron chi connectivity index (χ1n) is 34.5. The fourth-order valence-corrected chi connectivity index (χ4v) is 12.3. The highest BCUT2D eigenvalue weighted by Gasteiger charge is 2.16. The smallest absolute Gasteiger partial charge is 0.127 e. The Morgan fingerprint density at radius 3 is 1.05 bits per heavy atom. The van der Waals surface area contributed by atoms with Crippen molar-refractivity contribution in [2.45, 2.75) is 37.9 Å². The van der Waals surface area contributed by atoms with Gasteiger partial charge in [-0.15, -0.1) is 13.2 Å². The fourth-order valence-electron chi connectivity index (χ4n) is 12.3. The minimum atomic E-state index is -0.780. The van der Waals surface area contributed by atoms with Gasteiger partial charge in [0.05, 0.1) is 76.9 Å². The third-order valence-corrected chi connectivity index (χ3v) is 17.6. The molecule has 5 aromatic heterocycles. The van der Waals surface area contributed by atoms with E-state index in [1.807, 2.05) is 176 Å². The van der Waals surface area contributed by atoms with Gasteiger partial charge >= 0.3 is 0 Å². The summed E-state index contributed by atoms with van der Waals surface area (Å²) in [4.78, 5) is 6.34. The van der Waals surface area contributed by atoms with Crippen molar-refractivity contribution in [2.24, 2.45) is 0 Å². The molecule has 0 saturated carbocycles. The summed E-state index contributed by atoms with van der Waals surface area (Å²) in [5.41, 5.74) is 15.0. The van der Waals surface area contributed by atoms with Crippen LogP contribution in [0.1, 0.15) is 38.9 Å². The number of aromatic amines is 2. The lowest BCUT2D eigenvalue weighted by atomic mass is 10.1. The van der Waals surface area contributed by atoms with Gasteiger partial charge in [0.1, 0.15) is 34.5 Å². The molecule has 15 nitrogen and oxygen atoms in total. The van der Waals surface area contributed by atoms with Gasteiger partial charge in [-0.2, -0.15) is 15.8 Å². The number of allylic oxidation sites excluding steroid dienone is 2. The molecule has 0 aliphatic carbocycles. The average Bonchev–Trinajstić information content (AvgIpc) is 1.64. The van der Waals surface area contributed by atoms with E-state index in [2.05, 4.69) is 122 Å². The molecule has 16 rings (SSSR count). The molecule has 0 fully saturated rings. The second kappa shape index (κ2) is 35.3. The lowest BCUT2D eigenvalue weighted by molar-refractivity contribution is 0.0957. The maximum atomic E-state index is 9.87. The number of hydrogen-bond donors (Lipinski definition) is 6. The summed E-state index contributed by atoms with van der Waals surface area (Å²) in [7, 11) is 0. The van der Waals surface area contributed by atoms with Crippen LogP contribution < -0.4 is 14.2 Å². The Labute approximate surface area is 614 Å². The Bertz CT molecular complexity index is 5490. The van der Waals surface area contributed by atoms with Crippen LogP contribution in [0.15, 0.2) is 329 Å².